The Morgan fingerprint density at radius 2 is 2.30 bits per heavy atom. The molecular weight excluding hydrogens is 295 g/mol. The number of halogens is 1. The second-order valence-corrected chi connectivity index (χ2v) is 6.39. The van der Waals surface area contributed by atoms with Gasteiger partial charge >= 0.3 is 0 Å². The van der Waals surface area contributed by atoms with Crippen LogP contribution in [0.25, 0.3) is 0 Å². The van der Waals surface area contributed by atoms with Gasteiger partial charge in [-0.3, -0.25) is 4.90 Å². The van der Waals surface area contributed by atoms with E-state index in [2.05, 4.69) is 11.0 Å². The highest BCUT2D eigenvalue weighted by Crippen LogP contribution is 2.34. The number of ether oxygens (including phenoxy) is 2. The maximum absolute atomic E-state index is 13.6. The summed E-state index contributed by atoms with van der Waals surface area (Å²) in [7, 11) is 1.78. The van der Waals surface area contributed by atoms with Gasteiger partial charge in [-0.05, 0) is 36.6 Å². The van der Waals surface area contributed by atoms with Crippen molar-refractivity contribution in [1.29, 1.82) is 5.26 Å². The minimum Gasteiger partial charge on any atom is -0.381 e. The maximum Gasteiger partial charge on any atom is 0.123 e. The summed E-state index contributed by atoms with van der Waals surface area (Å²) in [4.78, 5) is 2.33. The van der Waals surface area contributed by atoms with Crippen LogP contribution in [0.5, 0.6) is 0 Å². The van der Waals surface area contributed by atoms with E-state index in [-0.39, 0.29) is 18.0 Å². The first-order chi connectivity index (χ1) is 11.2. The number of nitrogens with zero attached hydrogens (tertiary/aromatic N) is 2. The minimum atomic E-state index is -0.292. The molecule has 0 spiro atoms. The third kappa shape index (κ3) is 3.55. The summed E-state index contributed by atoms with van der Waals surface area (Å²) in [6.45, 7) is 2.75. The summed E-state index contributed by atoms with van der Waals surface area (Å²) in [5, 5.41) is 9.26. The number of hydrogen-bond acceptors (Lipinski definition) is 4. The van der Waals surface area contributed by atoms with Crippen LogP contribution in [-0.2, 0) is 16.0 Å². The quantitative estimate of drug-likeness (QED) is 0.856. The Bertz CT molecular complexity index is 587. The molecule has 23 heavy (non-hydrogen) atoms. The van der Waals surface area contributed by atoms with Crippen molar-refractivity contribution in [3.8, 4) is 6.07 Å². The number of morpholine rings is 1. The molecule has 0 N–H and O–H groups in total. The number of nitriles is 1. The van der Waals surface area contributed by atoms with E-state index in [0.717, 1.165) is 24.9 Å². The van der Waals surface area contributed by atoms with Gasteiger partial charge in [0.2, 0.25) is 0 Å². The van der Waals surface area contributed by atoms with Gasteiger partial charge in [0.1, 0.15) is 5.82 Å². The smallest absolute Gasteiger partial charge is 0.123 e. The number of rotatable bonds is 4. The molecule has 0 bridgehead atoms. The van der Waals surface area contributed by atoms with Crippen LogP contribution in [0.3, 0.4) is 0 Å². The molecule has 124 valence electrons. The SMILES string of the molecule is CO[C@@H]1CCC[C@@H]1[C@@H]1COCCN1Cc1cc(F)ccc1C#N. The van der Waals surface area contributed by atoms with E-state index in [0.29, 0.717) is 31.2 Å². The Morgan fingerprint density at radius 1 is 1.43 bits per heavy atom. The molecule has 1 saturated carbocycles. The van der Waals surface area contributed by atoms with Gasteiger partial charge in [-0.1, -0.05) is 6.42 Å². The van der Waals surface area contributed by atoms with E-state index in [9.17, 15) is 9.65 Å². The van der Waals surface area contributed by atoms with E-state index < -0.39 is 0 Å². The van der Waals surface area contributed by atoms with Crippen molar-refractivity contribution in [3.63, 3.8) is 0 Å². The predicted molar refractivity (Wildman–Crippen MR) is 84.3 cm³/mol. The van der Waals surface area contributed by atoms with Gasteiger partial charge in [0.25, 0.3) is 0 Å². The lowest BCUT2D eigenvalue weighted by molar-refractivity contribution is -0.0608. The standard InChI is InChI=1S/C18H23FN2O2/c1-22-18-4-2-3-16(18)17-12-23-8-7-21(17)11-14-9-15(19)6-5-13(14)10-20/h5-6,9,16-18H,2-4,7-8,11-12H2,1H3/t16-,17+,18-/m1/s1. The molecule has 2 fully saturated rings. The van der Waals surface area contributed by atoms with E-state index in [1.54, 1.807) is 13.2 Å². The summed E-state index contributed by atoms with van der Waals surface area (Å²) < 4.78 is 24.9. The maximum atomic E-state index is 13.6. The zero-order chi connectivity index (χ0) is 16.2. The van der Waals surface area contributed by atoms with E-state index >= 15 is 0 Å². The fourth-order valence-electron chi connectivity index (χ4n) is 3.96. The van der Waals surface area contributed by atoms with Crippen molar-refractivity contribution >= 4 is 0 Å². The zero-order valence-electron chi connectivity index (χ0n) is 13.5. The fourth-order valence-corrected chi connectivity index (χ4v) is 3.96. The van der Waals surface area contributed by atoms with Gasteiger partial charge in [0, 0.05) is 32.2 Å². The lowest BCUT2D eigenvalue weighted by Crippen LogP contribution is -2.51. The molecule has 1 saturated heterocycles. The molecular formula is C18H23FN2O2. The summed E-state index contributed by atoms with van der Waals surface area (Å²) in [6.07, 6.45) is 3.68. The Labute approximate surface area is 136 Å². The van der Waals surface area contributed by atoms with Crippen LogP contribution in [0, 0.1) is 23.1 Å². The number of methoxy groups -OCH3 is 1. The van der Waals surface area contributed by atoms with Crippen LogP contribution < -0.4 is 0 Å². The lowest BCUT2D eigenvalue weighted by atomic mass is 9.93. The van der Waals surface area contributed by atoms with Gasteiger partial charge in [0.05, 0.1) is 31.0 Å². The highest BCUT2D eigenvalue weighted by molar-refractivity contribution is 5.37. The van der Waals surface area contributed by atoms with Crippen LogP contribution in [0.4, 0.5) is 4.39 Å². The van der Waals surface area contributed by atoms with Crippen LogP contribution in [-0.4, -0.2) is 43.9 Å². The second-order valence-electron chi connectivity index (χ2n) is 6.39. The average Bonchev–Trinajstić information content (AvgIpc) is 3.04. The van der Waals surface area contributed by atoms with Crippen molar-refractivity contribution in [2.24, 2.45) is 5.92 Å². The van der Waals surface area contributed by atoms with Crippen molar-refractivity contribution in [2.75, 3.05) is 26.9 Å². The van der Waals surface area contributed by atoms with E-state index in [1.807, 2.05) is 0 Å². The lowest BCUT2D eigenvalue weighted by Gasteiger charge is -2.40. The molecule has 3 rings (SSSR count). The second kappa shape index (κ2) is 7.39. The summed E-state index contributed by atoms with van der Waals surface area (Å²) in [5.74, 6) is 0.152. The van der Waals surface area contributed by atoms with Gasteiger partial charge in [-0.2, -0.15) is 5.26 Å². The van der Waals surface area contributed by atoms with Crippen molar-refractivity contribution in [1.82, 2.24) is 4.90 Å². The molecule has 2 aliphatic rings. The van der Waals surface area contributed by atoms with Gasteiger partial charge in [0.15, 0.2) is 0 Å². The highest BCUT2D eigenvalue weighted by atomic mass is 19.1. The molecule has 1 aromatic carbocycles. The summed E-state index contributed by atoms with van der Waals surface area (Å²) in [5.41, 5.74) is 1.30. The molecule has 0 amide bonds. The van der Waals surface area contributed by atoms with Crippen LogP contribution >= 0.6 is 0 Å². The Balaban J connectivity index is 1.80. The first-order valence-electron chi connectivity index (χ1n) is 8.26. The van der Waals surface area contributed by atoms with Crippen molar-refractivity contribution < 1.29 is 13.9 Å². The van der Waals surface area contributed by atoms with Gasteiger partial charge in [-0.25, -0.2) is 4.39 Å². The normalized spacial score (nSPS) is 28.7. The molecule has 1 aliphatic carbocycles. The third-order valence-corrected chi connectivity index (χ3v) is 5.14. The number of benzene rings is 1. The van der Waals surface area contributed by atoms with Gasteiger partial charge in [-0.15, -0.1) is 0 Å². The molecule has 1 aromatic rings. The van der Waals surface area contributed by atoms with Crippen LogP contribution in [0.1, 0.15) is 30.4 Å². The largest absolute Gasteiger partial charge is 0.381 e. The molecule has 5 heteroatoms. The third-order valence-electron chi connectivity index (χ3n) is 5.14. The number of hydrogen-bond donors (Lipinski definition) is 0. The van der Waals surface area contributed by atoms with E-state index in [4.69, 9.17) is 9.47 Å². The average molecular weight is 318 g/mol. The predicted octanol–water partition coefficient (Wildman–Crippen LogP) is 2.71. The first kappa shape index (κ1) is 16.4. The molecule has 1 heterocycles. The first-order valence-corrected chi connectivity index (χ1v) is 8.26. The van der Waals surface area contributed by atoms with Gasteiger partial charge < -0.3 is 9.47 Å². The Hall–Kier alpha value is -1.48. The Kier molecular flexibility index (Phi) is 5.27. The zero-order valence-corrected chi connectivity index (χ0v) is 13.5. The van der Waals surface area contributed by atoms with Crippen molar-refractivity contribution in [3.05, 3.63) is 35.1 Å². The molecule has 0 unspecified atom stereocenters. The van der Waals surface area contributed by atoms with Crippen LogP contribution in [0.15, 0.2) is 18.2 Å². The Morgan fingerprint density at radius 3 is 3.09 bits per heavy atom. The summed E-state index contributed by atoms with van der Waals surface area (Å²) >= 11 is 0. The van der Waals surface area contributed by atoms with Crippen molar-refractivity contribution in [2.45, 2.75) is 38.0 Å². The van der Waals surface area contributed by atoms with E-state index in [1.165, 1.54) is 18.6 Å². The molecule has 1 aliphatic heterocycles. The summed E-state index contributed by atoms with van der Waals surface area (Å²) in [6, 6.07) is 6.82. The minimum absolute atomic E-state index is 0.269. The monoisotopic (exact) mass is 318 g/mol. The fraction of sp³-hybridized carbons (Fsp3) is 0.611. The van der Waals surface area contributed by atoms with Crippen LogP contribution in [0.2, 0.25) is 0 Å². The highest BCUT2D eigenvalue weighted by Gasteiger charge is 2.38. The molecule has 4 nitrogen and oxygen atoms in total. The molecule has 0 aromatic heterocycles. The molecule has 0 radical (unpaired) electrons. The molecule has 3 atom stereocenters. The topological polar surface area (TPSA) is 45.5 Å².